The second-order valence-corrected chi connectivity index (χ2v) is 6.80. The molecule has 0 N–H and O–H groups in total. The highest BCUT2D eigenvalue weighted by atomic mass is 32.2. The van der Waals surface area contributed by atoms with Crippen LogP contribution in [0.1, 0.15) is 15.9 Å². The first kappa shape index (κ1) is 15.1. The van der Waals surface area contributed by atoms with E-state index < -0.39 is 10.0 Å². The van der Waals surface area contributed by atoms with E-state index in [0.29, 0.717) is 23.1 Å². The van der Waals surface area contributed by atoms with Crippen molar-refractivity contribution in [2.45, 2.75) is 11.8 Å². The predicted octanol–water partition coefficient (Wildman–Crippen LogP) is 2.30. The summed E-state index contributed by atoms with van der Waals surface area (Å²) in [7, 11) is -3.81. The Morgan fingerprint density at radius 1 is 1.04 bits per heavy atom. The molecule has 0 amide bonds. The molecule has 116 valence electrons. The van der Waals surface area contributed by atoms with Crippen molar-refractivity contribution in [3.63, 3.8) is 0 Å². The number of nitrogens with zero attached hydrogens (tertiary/aromatic N) is 3. The third kappa shape index (κ3) is 2.78. The minimum atomic E-state index is -3.81. The lowest BCUT2D eigenvalue weighted by molar-refractivity contribution is 0.112. The Balaban J connectivity index is 2.05. The Kier molecular flexibility index (Phi) is 3.79. The Bertz CT molecular complexity index is 960. The predicted molar refractivity (Wildman–Crippen MR) is 84.6 cm³/mol. The van der Waals surface area contributed by atoms with E-state index in [1.807, 2.05) is 6.92 Å². The zero-order chi connectivity index (χ0) is 16.4. The van der Waals surface area contributed by atoms with Crippen molar-refractivity contribution in [2.24, 2.45) is 0 Å². The van der Waals surface area contributed by atoms with Crippen LogP contribution in [0, 0.1) is 6.92 Å². The highest BCUT2D eigenvalue weighted by Crippen LogP contribution is 2.21. The SMILES string of the molecule is Cc1ccc(S(=O)(=O)n2cc(-c3ccccc3C=O)nn2)cc1. The van der Waals surface area contributed by atoms with Crippen molar-refractivity contribution in [1.29, 1.82) is 0 Å². The summed E-state index contributed by atoms with van der Waals surface area (Å²) in [6.45, 7) is 1.88. The number of aromatic nitrogens is 3. The van der Waals surface area contributed by atoms with Crippen LogP contribution in [0.2, 0.25) is 0 Å². The lowest BCUT2D eigenvalue weighted by Crippen LogP contribution is -2.13. The van der Waals surface area contributed by atoms with Gasteiger partial charge >= 0.3 is 0 Å². The van der Waals surface area contributed by atoms with Gasteiger partial charge in [-0.25, -0.2) is 0 Å². The van der Waals surface area contributed by atoms with Crippen LogP contribution >= 0.6 is 0 Å². The molecule has 6 nitrogen and oxygen atoms in total. The summed E-state index contributed by atoms with van der Waals surface area (Å²) in [6, 6.07) is 13.3. The molecule has 0 saturated carbocycles. The highest BCUT2D eigenvalue weighted by molar-refractivity contribution is 7.89. The zero-order valence-electron chi connectivity index (χ0n) is 12.2. The van der Waals surface area contributed by atoms with Gasteiger partial charge in [-0.05, 0) is 19.1 Å². The summed E-state index contributed by atoms with van der Waals surface area (Å²) in [4.78, 5) is 11.2. The molecule has 3 aromatic rings. The number of carbonyl (C=O) groups excluding carboxylic acids is 1. The van der Waals surface area contributed by atoms with Crippen LogP contribution < -0.4 is 0 Å². The van der Waals surface area contributed by atoms with Crippen molar-refractivity contribution >= 4 is 16.3 Å². The molecule has 0 saturated heterocycles. The molecule has 0 spiro atoms. The summed E-state index contributed by atoms with van der Waals surface area (Å²) < 4.78 is 25.9. The highest BCUT2D eigenvalue weighted by Gasteiger charge is 2.19. The Morgan fingerprint density at radius 2 is 1.74 bits per heavy atom. The fraction of sp³-hybridized carbons (Fsp3) is 0.0625. The number of hydrogen-bond donors (Lipinski definition) is 0. The normalized spacial score (nSPS) is 11.3. The van der Waals surface area contributed by atoms with Crippen molar-refractivity contribution in [1.82, 2.24) is 14.4 Å². The third-order valence-corrected chi connectivity index (χ3v) is 4.94. The van der Waals surface area contributed by atoms with Crippen LogP contribution in [0.3, 0.4) is 0 Å². The first-order chi connectivity index (χ1) is 11.0. The first-order valence-corrected chi connectivity index (χ1v) is 8.25. The number of carbonyl (C=O) groups is 1. The molecule has 0 aliphatic rings. The summed E-state index contributed by atoms with van der Waals surface area (Å²) in [5, 5.41) is 7.58. The number of rotatable bonds is 4. The third-order valence-electron chi connectivity index (χ3n) is 3.40. The molecule has 0 aliphatic carbocycles. The number of benzene rings is 2. The van der Waals surface area contributed by atoms with Crippen LogP contribution in [0.4, 0.5) is 0 Å². The molecular formula is C16H13N3O3S. The van der Waals surface area contributed by atoms with Crippen LogP contribution in [0.15, 0.2) is 59.6 Å². The van der Waals surface area contributed by atoms with Crippen LogP contribution in [0.5, 0.6) is 0 Å². The molecule has 0 aliphatic heterocycles. The molecule has 0 bridgehead atoms. The molecule has 1 aromatic heterocycles. The summed E-state index contributed by atoms with van der Waals surface area (Å²) >= 11 is 0. The Hall–Kier alpha value is -2.80. The second kappa shape index (κ2) is 5.77. The average molecular weight is 327 g/mol. The maximum Gasteiger partial charge on any atom is 0.284 e. The maximum absolute atomic E-state index is 12.5. The molecule has 7 heteroatoms. The maximum atomic E-state index is 12.5. The fourth-order valence-electron chi connectivity index (χ4n) is 2.14. The number of hydrogen-bond acceptors (Lipinski definition) is 5. The smallest absolute Gasteiger partial charge is 0.284 e. The van der Waals surface area contributed by atoms with Gasteiger partial charge in [0.1, 0.15) is 5.69 Å². The lowest BCUT2D eigenvalue weighted by atomic mass is 10.1. The minimum Gasteiger partial charge on any atom is -0.298 e. The quantitative estimate of drug-likeness (QED) is 0.687. The molecule has 0 unspecified atom stereocenters. The van der Waals surface area contributed by atoms with Crippen LogP contribution in [-0.4, -0.2) is 29.1 Å². The van der Waals surface area contributed by atoms with Crippen molar-refractivity contribution in [3.8, 4) is 11.3 Å². The summed E-state index contributed by atoms with van der Waals surface area (Å²) in [6.07, 6.45) is 2.00. The minimum absolute atomic E-state index is 0.128. The monoisotopic (exact) mass is 327 g/mol. The molecule has 1 heterocycles. The average Bonchev–Trinajstić information content (AvgIpc) is 3.06. The van der Waals surface area contributed by atoms with E-state index in [1.54, 1.807) is 36.4 Å². The molecule has 0 radical (unpaired) electrons. The van der Waals surface area contributed by atoms with Gasteiger partial charge in [0.2, 0.25) is 0 Å². The number of aldehydes is 1. The van der Waals surface area contributed by atoms with E-state index >= 15 is 0 Å². The molecule has 3 rings (SSSR count). The fourth-order valence-corrected chi connectivity index (χ4v) is 3.21. The standard InChI is InChI=1S/C16H13N3O3S/c1-12-6-8-14(9-7-12)23(21,22)19-10-16(17-18-19)15-5-3-2-4-13(15)11-20/h2-11H,1H3. The van der Waals surface area contributed by atoms with Gasteiger partial charge in [0.15, 0.2) is 6.29 Å². The molecule has 2 aromatic carbocycles. The van der Waals surface area contributed by atoms with Gasteiger partial charge in [-0.2, -0.15) is 8.42 Å². The van der Waals surface area contributed by atoms with Crippen molar-refractivity contribution in [3.05, 3.63) is 65.9 Å². The van der Waals surface area contributed by atoms with Gasteiger partial charge in [0.25, 0.3) is 10.0 Å². The van der Waals surface area contributed by atoms with Gasteiger partial charge in [-0.15, -0.1) is 9.19 Å². The van der Waals surface area contributed by atoms with E-state index in [4.69, 9.17) is 0 Å². The van der Waals surface area contributed by atoms with Crippen LogP contribution in [0.25, 0.3) is 11.3 Å². The van der Waals surface area contributed by atoms with Gasteiger partial charge in [-0.1, -0.05) is 47.2 Å². The molecule has 0 atom stereocenters. The summed E-state index contributed by atoms with van der Waals surface area (Å²) in [5.41, 5.74) is 2.24. The number of aryl methyl sites for hydroxylation is 1. The van der Waals surface area contributed by atoms with E-state index in [0.717, 1.165) is 9.65 Å². The topological polar surface area (TPSA) is 81.9 Å². The van der Waals surface area contributed by atoms with Crippen molar-refractivity contribution < 1.29 is 13.2 Å². The van der Waals surface area contributed by atoms with Crippen LogP contribution in [-0.2, 0) is 10.0 Å². The van der Waals surface area contributed by atoms with Gasteiger partial charge in [0.05, 0.1) is 11.1 Å². The van der Waals surface area contributed by atoms with Gasteiger partial charge in [-0.3, -0.25) is 4.79 Å². The summed E-state index contributed by atoms with van der Waals surface area (Å²) in [5.74, 6) is 0. The molecule has 0 fully saturated rings. The van der Waals surface area contributed by atoms with E-state index in [-0.39, 0.29) is 4.90 Å². The van der Waals surface area contributed by atoms with Gasteiger partial charge in [0, 0.05) is 11.1 Å². The Morgan fingerprint density at radius 3 is 2.43 bits per heavy atom. The van der Waals surface area contributed by atoms with E-state index in [1.165, 1.54) is 18.3 Å². The van der Waals surface area contributed by atoms with Gasteiger partial charge < -0.3 is 0 Å². The largest absolute Gasteiger partial charge is 0.298 e. The molecule has 23 heavy (non-hydrogen) atoms. The van der Waals surface area contributed by atoms with E-state index in [9.17, 15) is 13.2 Å². The first-order valence-electron chi connectivity index (χ1n) is 6.81. The molecular weight excluding hydrogens is 314 g/mol. The zero-order valence-corrected chi connectivity index (χ0v) is 13.1. The second-order valence-electron chi connectivity index (χ2n) is 5.00. The van der Waals surface area contributed by atoms with Crippen molar-refractivity contribution in [2.75, 3.05) is 0 Å². The Labute approximate surface area is 133 Å². The van der Waals surface area contributed by atoms with E-state index in [2.05, 4.69) is 10.3 Å². The lowest BCUT2D eigenvalue weighted by Gasteiger charge is -2.03.